The Morgan fingerprint density at radius 3 is 2.83 bits per heavy atom. The number of benzene rings is 1. The topological polar surface area (TPSA) is 52.0 Å². The highest BCUT2D eigenvalue weighted by Crippen LogP contribution is 2.28. The van der Waals surface area contributed by atoms with Gasteiger partial charge >= 0.3 is 0 Å². The van der Waals surface area contributed by atoms with Gasteiger partial charge in [-0.05, 0) is 49.7 Å². The summed E-state index contributed by atoms with van der Waals surface area (Å²) in [5.74, 6) is 1.07. The molecule has 0 saturated carbocycles. The third kappa shape index (κ3) is 5.06. The molecule has 29 heavy (non-hydrogen) atoms. The maximum absolute atomic E-state index is 6.03. The predicted molar refractivity (Wildman–Crippen MR) is 122 cm³/mol. The lowest BCUT2D eigenvalue weighted by Gasteiger charge is -2.17. The summed E-state index contributed by atoms with van der Waals surface area (Å²) in [6, 6.07) is 11.5. The van der Waals surface area contributed by atoms with Crippen molar-refractivity contribution in [3.05, 3.63) is 47.5 Å². The van der Waals surface area contributed by atoms with E-state index in [9.17, 15) is 0 Å². The van der Waals surface area contributed by atoms with E-state index in [-0.39, 0.29) is 0 Å². The second kappa shape index (κ2) is 8.56. The molecule has 2 aromatic heterocycles. The van der Waals surface area contributed by atoms with Crippen molar-refractivity contribution in [2.75, 3.05) is 13.2 Å². The van der Waals surface area contributed by atoms with Crippen LogP contribution in [0.1, 0.15) is 24.7 Å². The van der Waals surface area contributed by atoms with Gasteiger partial charge in [0.25, 0.3) is 0 Å². The standard InChI is InChI=1S/C22H29ClN4OSi/c1-29(2,3)12-11-28-15-27-14-20(26-22(27)19-5-4-10-24-19)17-6-8-18-16(13-17)7-9-21(23)25-18/h6-9,13-14,19,24H,4-5,10-12,15H2,1-3H3/t19-/m0/s1. The van der Waals surface area contributed by atoms with Crippen molar-refractivity contribution in [2.45, 2.75) is 51.3 Å². The smallest absolute Gasteiger partial charge is 0.129 e. The Kier molecular flexibility index (Phi) is 6.06. The van der Waals surface area contributed by atoms with Crippen molar-refractivity contribution < 1.29 is 4.74 Å². The molecule has 1 aliphatic rings. The van der Waals surface area contributed by atoms with Crippen LogP contribution in [0.15, 0.2) is 36.5 Å². The maximum Gasteiger partial charge on any atom is 0.129 e. The largest absolute Gasteiger partial charge is 0.361 e. The van der Waals surface area contributed by atoms with Gasteiger partial charge in [-0.25, -0.2) is 9.97 Å². The van der Waals surface area contributed by atoms with E-state index in [0.29, 0.717) is 17.9 Å². The summed E-state index contributed by atoms with van der Waals surface area (Å²) in [6.07, 6.45) is 4.42. The van der Waals surface area contributed by atoms with Crippen LogP contribution in [0, 0.1) is 0 Å². The van der Waals surface area contributed by atoms with Crippen LogP contribution in [0.3, 0.4) is 0 Å². The van der Waals surface area contributed by atoms with Gasteiger partial charge < -0.3 is 14.6 Å². The van der Waals surface area contributed by atoms with Crippen LogP contribution in [-0.2, 0) is 11.5 Å². The van der Waals surface area contributed by atoms with Crippen LogP contribution in [0.4, 0.5) is 0 Å². The Bertz CT molecular complexity index is 992. The van der Waals surface area contributed by atoms with Crippen LogP contribution in [-0.4, -0.2) is 35.8 Å². The van der Waals surface area contributed by atoms with Gasteiger partial charge in [0.15, 0.2) is 0 Å². The first-order chi connectivity index (χ1) is 13.9. The number of imidazole rings is 1. The van der Waals surface area contributed by atoms with E-state index in [4.69, 9.17) is 21.3 Å². The van der Waals surface area contributed by atoms with E-state index in [2.05, 4.69) is 52.8 Å². The Balaban J connectivity index is 1.59. The highest BCUT2D eigenvalue weighted by molar-refractivity contribution is 6.76. The second-order valence-corrected chi connectivity index (χ2v) is 15.0. The lowest BCUT2D eigenvalue weighted by Crippen LogP contribution is -2.23. The number of pyridine rings is 1. The fraction of sp³-hybridized carbons (Fsp3) is 0.455. The number of rotatable bonds is 7. The quantitative estimate of drug-likeness (QED) is 0.307. The van der Waals surface area contributed by atoms with Gasteiger partial charge in [0.05, 0.1) is 17.3 Å². The van der Waals surface area contributed by atoms with Crippen molar-refractivity contribution in [3.63, 3.8) is 0 Å². The Morgan fingerprint density at radius 1 is 1.21 bits per heavy atom. The molecule has 3 heterocycles. The molecule has 3 aromatic rings. The average molecular weight is 429 g/mol. The molecule has 154 valence electrons. The van der Waals surface area contributed by atoms with Crippen molar-refractivity contribution >= 4 is 30.6 Å². The lowest BCUT2D eigenvalue weighted by atomic mass is 10.1. The normalized spacial score (nSPS) is 17.3. The van der Waals surface area contributed by atoms with Gasteiger partial charge in [-0.3, -0.25) is 0 Å². The summed E-state index contributed by atoms with van der Waals surface area (Å²) in [5, 5.41) is 5.15. The molecule has 0 radical (unpaired) electrons. The number of nitrogens with zero attached hydrogens (tertiary/aromatic N) is 3. The zero-order valence-corrected chi connectivity index (χ0v) is 19.2. The minimum absolute atomic E-state index is 0.297. The minimum Gasteiger partial charge on any atom is -0.361 e. The first-order valence-electron chi connectivity index (χ1n) is 10.3. The molecule has 5 nitrogen and oxygen atoms in total. The molecule has 0 spiro atoms. The van der Waals surface area contributed by atoms with Crippen LogP contribution in [0.5, 0.6) is 0 Å². The van der Waals surface area contributed by atoms with Crippen LogP contribution < -0.4 is 5.32 Å². The van der Waals surface area contributed by atoms with E-state index >= 15 is 0 Å². The van der Waals surface area contributed by atoms with Crippen molar-refractivity contribution in [3.8, 4) is 11.3 Å². The van der Waals surface area contributed by atoms with E-state index in [1.165, 1.54) is 12.5 Å². The Morgan fingerprint density at radius 2 is 2.07 bits per heavy atom. The number of aromatic nitrogens is 3. The molecule has 1 aliphatic heterocycles. The maximum atomic E-state index is 6.03. The van der Waals surface area contributed by atoms with Gasteiger partial charge in [0, 0.05) is 31.8 Å². The highest BCUT2D eigenvalue weighted by atomic mass is 35.5. The molecule has 0 bridgehead atoms. The van der Waals surface area contributed by atoms with E-state index < -0.39 is 8.07 Å². The van der Waals surface area contributed by atoms with Gasteiger partial charge in [-0.2, -0.15) is 0 Å². The van der Waals surface area contributed by atoms with Crippen LogP contribution >= 0.6 is 11.6 Å². The number of hydrogen-bond acceptors (Lipinski definition) is 4. The summed E-state index contributed by atoms with van der Waals surface area (Å²) in [7, 11) is -1.09. The number of halogens is 1. The third-order valence-corrected chi connectivity index (χ3v) is 7.27. The van der Waals surface area contributed by atoms with E-state index in [1.54, 1.807) is 0 Å². The molecule has 1 aromatic carbocycles. The monoisotopic (exact) mass is 428 g/mol. The first kappa shape index (κ1) is 20.5. The van der Waals surface area contributed by atoms with Crippen molar-refractivity contribution in [1.29, 1.82) is 0 Å². The highest BCUT2D eigenvalue weighted by Gasteiger charge is 2.23. The number of hydrogen-bond donors (Lipinski definition) is 1. The molecule has 1 atom stereocenters. The average Bonchev–Trinajstić information content (AvgIpc) is 3.33. The molecule has 1 N–H and O–H groups in total. The fourth-order valence-corrected chi connectivity index (χ4v) is 4.57. The van der Waals surface area contributed by atoms with Crippen LogP contribution in [0.25, 0.3) is 22.2 Å². The molecule has 1 saturated heterocycles. The summed E-state index contributed by atoms with van der Waals surface area (Å²) in [4.78, 5) is 9.38. The third-order valence-electron chi connectivity index (χ3n) is 5.36. The van der Waals surface area contributed by atoms with Gasteiger partial charge in [0.1, 0.15) is 17.7 Å². The second-order valence-electron chi connectivity index (χ2n) is 8.99. The lowest BCUT2D eigenvalue weighted by molar-refractivity contribution is 0.0840. The zero-order valence-electron chi connectivity index (χ0n) is 17.4. The number of ether oxygens (including phenoxy) is 1. The number of fused-ring (bicyclic) bond motifs is 1. The van der Waals surface area contributed by atoms with Gasteiger partial charge in [0.2, 0.25) is 0 Å². The van der Waals surface area contributed by atoms with E-state index in [0.717, 1.165) is 47.6 Å². The molecule has 1 fully saturated rings. The van der Waals surface area contributed by atoms with Gasteiger partial charge in [-0.1, -0.05) is 37.3 Å². The zero-order chi connectivity index (χ0) is 20.4. The first-order valence-corrected chi connectivity index (χ1v) is 14.4. The van der Waals surface area contributed by atoms with E-state index in [1.807, 2.05) is 18.2 Å². The molecular formula is C22H29ClN4OSi. The minimum atomic E-state index is -1.09. The summed E-state index contributed by atoms with van der Waals surface area (Å²) >= 11 is 6.02. The molecule has 0 aliphatic carbocycles. The molecule has 0 amide bonds. The Hall–Kier alpha value is -1.73. The van der Waals surface area contributed by atoms with Crippen molar-refractivity contribution in [1.82, 2.24) is 19.9 Å². The summed E-state index contributed by atoms with van der Waals surface area (Å²) in [6.45, 7) is 9.54. The summed E-state index contributed by atoms with van der Waals surface area (Å²) in [5.41, 5.74) is 2.95. The van der Waals surface area contributed by atoms with Crippen LogP contribution in [0.2, 0.25) is 30.8 Å². The SMILES string of the molecule is C[Si](C)(C)CCOCn1cc(-c2ccc3nc(Cl)ccc3c2)nc1[C@@H]1CCCN1. The molecule has 7 heteroatoms. The molecule has 4 rings (SSSR count). The molecular weight excluding hydrogens is 400 g/mol. The Labute approximate surface area is 178 Å². The summed E-state index contributed by atoms with van der Waals surface area (Å²) < 4.78 is 8.21. The predicted octanol–water partition coefficient (Wildman–Crippen LogP) is 5.49. The fourth-order valence-electron chi connectivity index (χ4n) is 3.66. The molecule has 0 unspecified atom stereocenters. The van der Waals surface area contributed by atoms with Crippen molar-refractivity contribution in [2.24, 2.45) is 0 Å². The number of nitrogens with one attached hydrogen (secondary N) is 1. The van der Waals surface area contributed by atoms with Gasteiger partial charge in [-0.15, -0.1) is 0 Å².